The second-order valence-electron chi connectivity index (χ2n) is 7.88. The molecule has 31 heavy (non-hydrogen) atoms. The number of amides is 1. The van der Waals surface area contributed by atoms with Gasteiger partial charge in [0.05, 0.1) is 18.0 Å². The molecule has 0 saturated carbocycles. The molecular formula is C22H25N5O2S2. The average Bonchev–Trinajstić information content (AvgIpc) is 3.04. The fourth-order valence-corrected chi connectivity index (χ4v) is 6.04. The first-order valence-corrected chi connectivity index (χ1v) is 12.5. The van der Waals surface area contributed by atoms with Crippen molar-refractivity contribution in [1.82, 2.24) is 15.0 Å². The molecule has 1 saturated heterocycles. The lowest BCUT2D eigenvalue weighted by atomic mass is 10.1. The topological polar surface area (TPSA) is 71.5 Å². The SMILES string of the molecule is Cc1ccc2c(c1)N(C(=O)CSc1ncnc3nc(N4CCCCCC4)sc13)CCO2. The molecule has 4 heterocycles. The van der Waals surface area contributed by atoms with Crippen molar-refractivity contribution in [3.05, 3.63) is 30.1 Å². The average molecular weight is 456 g/mol. The van der Waals surface area contributed by atoms with Gasteiger partial charge in [-0.3, -0.25) is 4.79 Å². The number of thioether (sulfide) groups is 1. The summed E-state index contributed by atoms with van der Waals surface area (Å²) in [4.78, 5) is 30.9. The van der Waals surface area contributed by atoms with Gasteiger partial charge in [0.1, 0.15) is 28.4 Å². The van der Waals surface area contributed by atoms with Crippen LogP contribution in [0.25, 0.3) is 10.3 Å². The Kier molecular flexibility index (Phi) is 5.95. The van der Waals surface area contributed by atoms with Crippen molar-refractivity contribution in [3.8, 4) is 5.75 Å². The number of ether oxygens (including phenoxy) is 1. The van der Waals surface area contributed by atoms with E-state index in [1.54, 1.807) is 17.7 Å². The Morgan fingerprint density at radius 2 is 2.00 bits per heavy atom. The molecule has 162 valence electrons. The maximum atomic E-state index is 13.1. The Labute approximate surface area is 189 Å². The van der Waals surface area contributed by atoms with Gasteiger partial charge in [-0.05, 0) is 37.5 Å². The van der Waals surface area contributed by atoms with Crippen LogP contribution in [-0.2, 0) is 4.79 Å². The third-order valence-electron chi connectivity index (χ3n) is 5.63. The molecule has 2 aliphatic heterocycles. The number of thiazole rings is 1. The van der Waals surface area contributed by atoms with E-state index in [0.29, 0.717) is 18.9 Å². The predicted octanol–water partition coefficient (Wildman–Crippen LogP) is 4.29. The summed E-state index contributed by atoms with van der Waals surface area (Å²) in [6, 6.07) is 5.95. The van der Waals surface area contributed by atoms with E-state index in [9.17, 15) is 4.79 Å². The number of hydrogen-bond donors (Lipinski definition) is 0. The van der Waals surface area contributed by atoms with Gasteiger partial charge in [0.15, 0.2) is 10.8 Å². The summed E-state index contributed by atoms with van der Waals surface area (Å²) in [5, 5.41) is 1.85. The number of hydrogen-bond acceptors (Lipinski definition) is 8. The van der Waals surface area contributed by atoms with Crippen LogP contribution >= 0.6 is 23.1 Å². The van der Waals surface area contributed by atoms with Crippen LogP contribution in [-0.4, -0.2) is 52.9 Å². The molecule has 3 aromatic rings. The van der Waals surface area contributed by atoms with Gasteiger partial charge in [0, 0.05) is 13.1 Å². The van der Waals surface area contributed by atoms with Crippen LogP contribution in [0, 0.1) is 6.92 Å². The molecule has 0 radical (unpaired) electrons. The third-order valence-corrected chi connectivity index (χ3v) is 7.85. The van der Waals surface area contributed by atoms with Crippen molar-refractivity contribution in [3.63, 3.8) is 0 Å². The molecule has 0 N–H and O–H groups in total. The highest BCUT2D eigenvalue weighted by Crippen LogP contribution is 2.36. The zero-order valence-electron chi connectivity index (χ0n) is 17.5. The molecular weight excluding hydrogens is 430 g/mol. The quantitative estimate of drug-likeness (QED) is 0.429. The van der Waals surface area contributed by atoms with Gasteiger partial charge in [0.2, 0.25) is 5.91 Å². The van der Waals surface area contributed by atoms with Gasteiger partial charge in [-0.1, -0.05) is 42.0 Å². The van der Waals surface area contributed by atoms with Crippen molar-refractivity contribution >= 4 is 50.2 Å². The molecule has 0 aliphatic carbocycles. The minimum absolute atomic E-state index is 0.0594. The highest BCUT2D eigenvalue weighted by molar-refractivity contribution is 8.00. The van der Waals surface area contributed by atoms with Gasteiger partial charge in [-0.2, -0.15) is 4.98 Å². The second kappa shape index (κ2) is 9.00. The smallest absolute Gasteiger partial charge is 0.237 e. The summed E-state index contributed by atoms with van der Waals surface area (Å²) in [5.74, 6) is 1.14. The Bertz CT molecular complexity index is 1090. The van der Waals surface area contributed by atoms with Crippen LogP contribution in [0.4, 0.5) is 10.8 Å². The first kappa shape index (κ1) is 20.5. The van der Waals surface area contributed by atoms with Gasteiger partial charge in [-0.15, -0.1) is 0 Å². The monoisotopic (exact) mass is 455 g/mol. The molecule has 2 aromatic heterocycles. The lowest BCUT2D eigenvalue weighted by molar-refractivity contribution is -0.116. The minimum atomic E-state index is 0.0594. The van der Waals surface area contributed by atoms with E-state index in [4.69, 9.17) is 9.72 Å². The lowest BCUT2D eigenvalue weighted by Crippen LogP contribution is -2.39. The molecule has 5 rings (SSSR count). The molecule has 1 fully saturated rings. The highest BCUT2D eigenvalue weighted by Gasteiger charge is 2.24. The van der Waals surface area contributed by atoms with E-state index >= 15 is 0 Å². The normalized spacial score (nSPS) is 16.7. The summed E-state index contributed by atoms with van der Waals surface area (Å²) >= 11 is 3.10. The molecule has 9 heteroatoms. The fraction of sp³-hybridized carbons (Fsp3) is 0.455. The zero-order valence-corrected chi connectivity index (χ0v) is 19.2. The predicted molar refractivity (Wildman–Crippen MR) is 126 cm³/mol. The van der Waals surface area contributed by atoms with Crippen molar-refractivity contribution in [2.45, 2.75) is 37.6 Å². The van der Waals surface area contributed by atoms with Crippen LogP contribution in [0.3, 0.4) is 0 Å². The Hall–Kier alpha value is -2.39. The summed E-state index contributed by atoms with van der Waals surface area (Å²) in [6.45, 7) is 5.19. The molecule has 2 aliphatic rings. The van der Waals surface area contributed by atoms with Gasteiger partial charge in [0.25, 0.3) is 0 Å². The highest BCUT2D eigenvalue weighted by atomic mass is 32.2. The molecule has 1 aromatic carbocycles. The van der Waals surface area contributed by atoms with Crippen molar-refractivity contribution in [1.29, 1.82) is 0 Å². The molecule has 0 spiro atoms. The summed E-state index contributed by atoms with van der Waals surface area (Å²) in [7, 11) is 0. The maximum absolute atomic E-state index is 13.1. The van der Waals surface area contributed by atoms with Crippen molar-refractivity contribution in [2.24, 2.45) is 0 Å². The van der Waals surface area contributed by atoms with Crippen LogP contribution in [0.5, 0.6) is 5.75 Å². The standard InChI is InChI=1S/C22H25N5O2S2/c1-15-6-7-17-16(12-15)27(10-11-29-17)18(28)13-30-21-19-20(23-14-24-21)25-22(31-19)26-8-4-2-3-5-9-26/h6-7,12,14H,2-5,8-11,13H2,1H3. The van der Waals surface area contributed by atoms with E-state index in [1.165, 1.54) is 37.4 Å². The third kappa shape index (κ3) is 4.34. The van der Waals surface area contributed by atoms with E-state index in [0.717, 1.165) is 50.6 Å². The Morgan fingerprint density at radius 3 is 2.84 bits per heavy atom. The number of anilines is 2. The van der Waals surface area contributed by atoms with Crippen LogP contribution in [0.2, 0.25) is 0 Å². The van der Waals surface area contributed by atoms with E-state index in [2.05, 4.69) is 14.9 Å². The number of aryl methyl sites for hydroxylation is 1. The maximum Gasteiger partial charge on any atom is 0.237 e. The minimum Gasteiger partial charge on any atom is -0.490 e. The number of benzene rings is 1. The molecule has 0 atom stereocenters. The van der Waals surface area contributed by atoms with E-state index in [1.807, 2.05) is 30.0 Å². The van der Waals surface area contributed by atoms with E-state index in [-0.39, 0.29) is 5.91 Å². The van der Waals surface area contributed by atoms with Crippen molar-refractivity contribution < 1.29 is 9.53 Å². The van der Waals surface area contributed by atoms with Crippen LogP contribution < -0.4 is 14.5 Å². The number of aromatic nitrogens is 3. The first-order valence-electron chi connectivity index (χ1n) is 10.7. The summed E-state index contributed by atoms with van der Waals surface area (Å²) in [5.41, 5.74) is 2.69. The number of carbonyl (C=O) groups excluding carboxylic acids is 1. The van der Waals surface area contributed by atoms with Crippen molar-refractivity contribution in [2.75, 3.05) is 41.8 Å². The lowest BCUT2D eigenvalue weighted by Gasteiger charge is -2.29. The van der Waals surface area contributed by atoms with Gasteiger partial charge >= 0.3 is 0 Å². The molecule has 7 nitrogen and oxygen atoms in total. The number of carbonyl (C=O) groups is 1. The second-order valence-corrected chi connectivity index (χ2v) is 9.82. The van der Waals surface area contributed by atoms with Crippen LogP contribution in [0.1, 0.15) is 31.2 Å². The number of fused-ring (bicyclic) bond motifs is 2. The Morgan fingerprint density at radius 1 is 1.16 bits per heavy atom. The summed E-state index contributed by atoms with van der Waals surface area (Å²) in [6.07, 6.45) is 6.54. The zero-order chi connectivity index (χ0) is 21.2. The first-order chi connectivity index (χ1) is 15.2. The molecule has 0 bridgehead atoms. The fourth-order valence-electron chi connectivity index (χ4n) is 4.02. The summed E-state index contributed by atoms with van der Waals surface area (Å²) < 4.78 is 6.69. The van der Waals surface area contributed by atoms with Gasteiger partial charge < -0.3 is 14.5 Å². The van der Waals surface area contributed by atoms with E-state index < -0.39 is 0 Å². The Balaban J connectivity index is 1.33. The molecule has 0 unspecified atom stereocenters. The van der Waals surface area contributed by atoms with Crippen LogP contribution in [0.15, 0.2) is 29.6 Å². The van der Waals surface area contributed by atoms with Gasteiger partial charge in [-0.25, -0.2) is 9.97 Å². The number of nitrogens with zero attached hydrogens (tertiary/aromatic N) is 5. The largest absolute Gasteiger partial charge is 0.490 e. The molecule has 1 amide bonds. The number of rotatable bonds is 4.